The van der Waals surface area contributed by atoms with Gasteiger partial charge in [0.1, 0.15) is 5.82 Å². The Morgan fingerprint density at radius 1 is 1.13 bits per heavy atom. The standard InChI is InChI=1S/C11H18N4/c1-3-11-12-8-10(9-13-11)15-6-4-14(2)5-7-15/h8-9H,3-7H2,1-2H3. The van der Waals surface area contributed by atoms with Gasteiger partial charge in [-0.1, -0.05) is 6.92 Å². The first-order valence-electron chi connectivity index (χ1n) is 5.54. The van der Waals surface area contributed by atoms with Gasteiger partial charge in [0.05, 0.1) is 18.1 Å². The molecule has 82 valence electrons. The Balaban J connectivity index is 2.03. The molecule has 0 radical (unpaired) electrons. The molecule has 1 aromatic heterocycles. The summed E-state index contributed by atoms with van der Waals surface area (Å²) in [5.74, 6) is 0.924. The largest absolute Gasteiger partial charge is 0.366 e. The van der Waals surface area contributed by atoms with Crippen molar-refractivity contribution in [1.29, 1.82) is 0 Å². The van der Waals surface area contributed by atoms with Gasteiger partial charge >= 0.3 is 0 Å². The molecular formula is C11H18N4. The lowest BCUT2D eigenvalue weighted by Gasteiger charge is -2.33. The minimum atomic E-state index is 0.906. The summed E-state index contributed by atoms with van der Waals surface area (Å²) in [4.78, 5) is 13.3. The van der Waals surface area contributed by atoms with Crippen molar-refractivity contribution in [3.63, 3.8) is 0 Å². The molecule has 1 aliphatic rings. The molecule has 0 saturated carbocycles. The zero-order valence-corrected chi connectivity index (χ0v) is 9.48. The normalized spacial score (nSPS) is 18.1. The number of likely N-dealkylation sites (N-methyl/N-ethyl adjacent to an activating group) is 1. The molecular weight excluding hydrogens is 188 g/mol. The van der Waals surface area contributed by atoms with Crippen molar-refractivity contribution in [2.45, 2.75) is 13.3 Å². The van der Waals surface area contributed by atoms with Crippen molar-refractivity contribution >= 4 is 5.69 Å². The van der Waals surface area contributed by atoms with E-state index in [-0.39, 0.29) is 0 Å². The Morgan fingerprint density at radius 2 is 1.73 bits per heavy atom. The van der Waals surface area contributed by atoms with E-state index < -0.39 is 0 Å². The molecule has 1 aromatic rings. The highest BCUT2D eigenvalue weighted by Crippen LogP contribution is 2.13. The first-order chi connectivity index (χ1) is 7.29. The first kappa shape index (κ1) is 10.4. The molecule has 2 rings (SSSR count). The summed E-state index contributed by atoms with van der Waals surface area (Å²) < 4.78 is 0. The second-order valence-corrected chi connectivity index (χ2v) is 4.00. The van der Waals surface area contributed by atoms with Crippen molar-refractivity contribution in [3.8, 4) is 0 Å². The second-order valence-electron chi connectivity index (χ2n) is 4.00. The molecule has 2 heterocycles. The third kappa shape index (κ3) is 2.45. The highest BCUT2D eigenvalue weighted by atomic mass is 15.3. The van der Waals surface area contributed by atoms with Crippen LogP contribution in [0.2, 0.25) is 0 Å². The zero-order valence-electron chi connectivity index (χ0n) is 9.48. The maximum absolute atomic E-state index is 4.33. The number of hydrogen-bond acceptors (Lipinski definition) is 4. The fourth-order valence-electron chi connectivity index (χ4n) is 1.76. The van der Waals surface area contributed by atoms with Gasteiger partial charge in [0, 0.05) is 32.6 Å². The van der Waals surface area contributed by atoms with Crippen LogP contribution in [0.25, 0.3) is 0 Å². The molecule has 0 amide bonds. The first-order valence-corrected chi connectivity index (χ1v) is 5.54. The SMILES string of the molecule is CCc1ncc(N2CCN(C)CC2)cn1. The van der Waals surface area contributed by atoms with Gasteiger partial charge in [0.25, 0.3) is 0 Å². The number of nitrogens with zero attached hydrogens (tertiary/aromatic N) is 4. The van der Waals surface area contributed by atoms with Crippen LogP contribution in [0, 0.1) is 0 Å². The lowest BCUT2D eigenvalue weighted by atomic mass is 10.3. The third-order valence-electron chi connectivity index (χ3n) is 2.88. The van der Waals surface area contributed by atoms with Crippen LogP contribution in [0.1, 0.15) is 12.7 Å². The predicted molar refractivity (Wildman–Crippen MR) is 61.1 cm³/mol. The van der Waals surface area contributed by atoms with Crippen LogP contribution in [0.15, 0.2) is 12.4 Å². The van der Waals surface area contributed by atoms with Gasteiger partial charge < -0.3 is 9.80 Å². The molecule has 0 N–H and O–H groups in total. The predicted octanol–water partition coefficient (Wildman–Crippen LogP) is 0.791. The van der Waals surface area contributed by atoms with Crippen molar-refractivity contribution < 1.29 is 0 Å². The minimum Gasteiger partial charge on any atom is -0.366 e. The van der Waals surface area contributed by atoms with E-state index in [4.69, 9.17) is 0 Å². The lowest BCUT2D eigenvalue weighted by Crippen LogP contribution is -2.44. The molecule has 0 unspecified atom stereocenters. The second kappa shape index (κ2) is 4.57. The van der Waals surface area contributed by atoms with E-state index in [1.54, 1.807) is 0 Å². The van der Waals surface area contributed by atoms with Gasteiger partial charge in [-0.05, 0) is 7.05 Å². The van der Waals surface area contributed by atoms with Crippen LogP contribution in [-0.4, -0.2) is 48.1 Å². The van der Waals surface area contributed by atoms with Gasteiger partial charge in [-0.25, -0.2) is 9.97 Å². The van der Waals surface area contributed by atoms with E-state index in [0.29, 0.717) is 0 Å². The maximum Gasteiger partial charge on any atom is 0.128 e. The molecule has 0 atom stereocenters. The van der Waals surface area contributed by atoms with Crippen molar-refractivity contribution in [2.75, 3.05) is 38.1 Å². The quantitative estimate of drug-likeness (QED) is 0.716. The number of piperazine rings is 1. The molecule has 0 spiro atoms. The van der Waals surface area contributed by atoms with E-state index in [0.717, 1.165) is 44.1 Å². The van der Waals surface area contributed by atoms with Gasteiger partial charge in [-0.3, -0.25) is 0 Å². The summed E-state index contributed by atoms with van der Waals surface area (Å²) in [6, 6.07) is 0. The van der Waals surface area contributed by atoms with Gasteiger partial charge in [0.15, 0.2) is 0 Å². The van der Waals surface area contributed by atoms with Crippen molar-refractivity contribution in [1.82, 2.24) is 14.9 Å². The van der Waals surface area contributed by atoms with E-state index >= 15 is 0 Å². The van der Waals surface area contributed by atoms with E-state index in [2.05, 4.69) is 33.7 Å². The highest BCUT2D eigenvalue weighted by Gasteiger charge is 2.14. The average molecular weight is 206 g/mol. The Labute approximate surface area is 90.9 Å². The molecule has 0 aliphatic carbocycles. The molecule has 4 heteroatoms. The molecule has 15 heavy (non-hydrogen) atoms. The highest BCUT2D eigenvalue weighted by molar-refractivity contribution is 5.42. The fourth-order valence-corrected chi connectivity index (χ4v) is 1.76. The van der Waals surface area contributed by atoms with Gasteiger partial charge in [0.2, 0.25) is 0 Å². The van der Waals surface area contributed by atoms with Crippen LogP contribution in [0.3, 0.4) is 0 Å². The van der Waals surface area contributed by atoms with Gasteiger partial charge in [-0.15, -0.1) is 0 Å². The number of rotatable bonds is 2. The summed E-state index contributed by atoms with van der Waals surface area (Å²) in [7, 11) is 2.16. The molecule has 0 bridgehead atoms. The maximum atomic E-state index is 4.33. The van der Waals surface area contributed by atoms with Crippen LogP contribution < -0.4 is 4.90 Å². The third-order valence-corrected chi connectivity index (χ3v) is 2.88. The van der Waals surface area contributed by atoms with Crippen LogP contribution in [-0.2, 0) is 6.42 Å². The molecule has 1 fully saturated rings. The van der Waals surface area contributed by atoms with Gasteiger partial charge in [-0.2, -0.15) is 0 Å². The lowest BCUT2D eigenvalue weighted by molar-refractivity contribution is 0.312. The molecule has 4 nitrogen and oxygen atoms in total. The minimum absolute atomic E-state index is 0.906. The Hall–Kier alpha value is -1.16. The molecule has 1 saturated heterocycles. The van der Waals surface area contributed by atoms with E-state index in [1.165, 1.54) is 0 Å². The van der Waals surface area contributed by atoms with Crippen LogP contribution in [0.4, 0.5) is 5.69 Å². The number of hydrogen-bond donors (Lipinski definition) is 0. The van der Waals surface area contributed by atoms with E-state index in [1.807, 2.05) is 12.4 Å². The molecule has 0 aromatic carbocycles. The average Bonchev–Trinajstić information content (AvgIpc) is 2.30. The Morgan fingerprint density at radius 3 is 2.27 bits per heavy atom. The summed E-state index contributed by atoms with van der Waals surface area (Å²) in [6.07, 6.45) is 4.79. The Kier molecular flexibility index (Phi) is 3.16. The fraction of sp³-hybridized carbons (Fsp3) is 0.636. The summed E-state index contributed by atoms with van der Waals surface area (Å²) in [5.41, 5.74) is 1.15. The van der Waals surface area contributed by atoms with E-state index in [9.17, 15) is 0 Å². The summed E-state index contributed by atoms with van der Waals surface area (Å²) in [6.45, 7) is 6.46. The summed E-state index contributed by atoms with van der Waals surface area (Å²) in [5, 5.41) is 0. The Bertz CT molecular complexity index is 301. The van der Waals surface area contributed by atoms with Crippen molar-refractivity contribution in [3.05, 3.63) is 18.2 Å². The van der Waals surface area contributed by atoms with Crippen molar-refractivity contribution in [2.24, 2.45) is 0 Å². The van der Waals surface area contributed by atoms with Crippen LogP contribution in [0.5, 0.6) is 0 Å². The number of anilines is 1. The smallest absolute Gasteiger partial charge is 0.128 e. The number of aryl methyl sites for hydroxylation is 1. The monoisotopic (exact) mass is 206 g/mol. The zero-order chi connectivity index (χ0) is 10.7. The molecule has 1 aliphatic heterocycles. The topological polar surface area (TPSA) is 32.3 Å². The summed E-state index contributed by atoms with van der Waals surface area (Å²) >= 11 is 0. The van der Waals surface area contributed by atoms with Crippen LogP contribution >= 0.6 is 0 Å². The number of aromatic nitrogens is 2.